The van der Waals surface area contributed by atoms with Crippen molar-refractivity contribution in [3.8, 4) is 5.75 Å². The third kappa shape index (κ3) is 6.93. The number of para-hydroxylation sites is 1. The Morgan fingerprint density at radius 1 is 1.09 bits per heavy atom. The van der Waals surface area contributed by atoms with Gasteiger partial charge in [-0.15, -0.1) is 0 Å². The number of aromatic amines is 1. The molecular formula is C34H39FN6O4. The summed E-state index contributed by atoms with van der Waals surface area (Å²) in [5.41, 5.74) is 4.50. The first-order valence-corrected chi connectivity index (χ1v) is 14.9. The predicted molar refractivity (Wildman–Crippen MR) is 173 cm³/mol. The van der Waals surface area contributed by atoms with Crippen molar-refractivity contribution in [3.63, 3.8) is 0 Å². The third-order valence-electron chi connectivity index (χ3n) is 8.15. The molecule has 0 spiro atoms. The van der Waals surface area contributed by atoms with Gasteiger partial charge in [-0.3, -0.25) is 9.59 Å². The van der Waals surface area contributed by atoms with E-state index in [1.165, 1.54) is 24.1 Å². The van der Waals surface area contributed by atoms with Gasteiger partial charge in [0.15, 0.2) is 0 Å². The minimum absolute atomic E-state index is 0.182. The van der Waals surface area contributed by atoms with Crippen LogP contribution in [0.3, 0.4) is 0 Å². The van der Waals surface area contributed by atoms with Gasteiger partial charge in [0.1, 0.15) is 24.2 Å². The molecule has 5 rings (SSSR count). The molecule has 0 aliphatic carbocycles. The maximum Gasteiger partial charge on any atom is 0.318 e. The molecule has 0 radical (unpaired) electrons. The summed E-state index contributed by atoms with van der Waals surface area (Å²) in [7, 11) is 5.46. The monoisotopic (exact) mass is 614 g/mol. The van der Waals surface area contributed by atoms with E-state index >= 15 is 0 Å². The van der Waals surface area contributed by atoms with Crippen LogP contribution in [-0.4, -0.2) is 79.5 Å². The number of hydrogen-bond donors (Lipinski definition) is 3. The van der Waals surface area contributed by atoms with Crippen LogP contribution in [0.25, 0.3) is 10.9 Å². The van der Waals surface area contributed by atoms with Crippen molar-refractivity contribution in [2.75, 3.05) is 51.1 Å². The largest absolute Gasteiger partial charge is 0.495 e. The molecule has 2 heterocycles. The maximum absolute atomic E-state index is 14.0. The number of halogens is 1. The van der Waals surface area contributed by atoms with Crippen LogP contribution < -0.4 is 20.3 Å². The molecule has 2 unspecified atom stereocenters. The second kappa shape index (κ2) is 13.4. The highest BCUT2D eigenvalue weighted by Gasteiger charge is 2.34. The number of H-pyrrole nitrogens is 1. The molecule has 1 saturated heterocycles. The molecule has 10 nitrogen and oxygen atoms in total. The molecule has 1 fully saturated rings. The zero-order valence-electron chi connectivity index (χ0n) is 26.2. The second-order valence-electron chi connectivity index (χ2n) is 11.7. The molecule has 4 aromatic rings. The van der Waals surface area contributed by atoms with Gasteiger partial charge < -0.3 is 35.1 Å². The van der Waals surface area contributed by atoms with Crippen molar-refractivity contribution in [1.29, 1.82) is 0 Å². The number of nitrogens with zero attached hydrogens (tertiary/aromatic N) is 3. The highest BCUT2D eigenvalue weighted by molar-refractivity contribution is 6.01. The summed E-state index contributed by atoms with van der Waals surface area (Å²) in [6, 6.07) is 16.1. The fourth-order valence-electron chi connectivity index (χ4n) is 5.84. The molecule has 0 saturated carbocycles. The van der Waals surface area contributed by atoms with Crippen LogP contribution in [0.15, 0.2) is 66.9 Å². The van der Waals surface area contributed by atoms with Gasteiger partial charge in [0.25, 0.3) is 0 Å². The first-order chi connectivity index (χ1) is 21.5. The fourth-order valence-corrected chi connectivity index (χ4v) is 5.84. The zero-order valence-corrected chi connectivity index (χ0v) is 26.2. The number of carbonyl (C=O) groups excluding carboxylic acids is 3. The van der Waals surface area contributed by atoms with Crippen LogP contribution in [0.1, 0.15) is 29.5 Å². The number of fused-ring (bicyclic) bond motifs is 1. The van der Waals surface area contributed by atoms with Crippen molar-refractivity contribution in [2.24, 2.45) is 0 Å². The number of benzene rings is 3. The Morgan fingerprint density at radius 2 is 1.87 bits per heavy atom. The Labute approximate surface area is 262 Å². The number of ether oxygens (including phenoxy) is 1. The quantitative estimate of drug-likeness (QED) is 0.250. The van der Waals surface area contributed by atoms with Crippen LogP contribution in [0.5, 0.6) is 5.75 Å². The Morgan fingerprint density at radius 3 is 2.58 bits per heavy atom. The minimum Gasteiger partial charge on any atom is -0.495 e. The van der Waals surface area contributed by atoms with Gasteiger partial charge in [-0.2, -0.15) is 0 Å². The molecule has 3 N–H and O–H groups in total. The number of amides is 4. The molecule has 4 amide bonds. The zero-order chi connectivity index (χ0) is 32.2. The summed E-state index contributed by atoms with van der Waals surface area (Å²) in [4.78, 5) is 49.1. The van der Waals surface area contributed by atoms with E-state index in [1.54, 1.807) is 24.0 Å². The van der Waals surface area contributed by atoms with Gasteiger partial charge in [-0.25, -0.2) is 9.18 Å². The normalized spacial score (nSPS) is 14.9. The van der Waals surface area contributed by atoms with E-state index in [-0.39, 0.29) is 31.4 Å². The van der Waals surface area contributed by atoms with Crippen molar-refractivity contribution < 1.29 is 23.5 Å². The average molecular weight is 615 g/mol. The van der Waals surface area contributed by atoms with Crippen molar-refractivity contribution in [1.82, 2.24) is 20.1 Å². The molecule has 1 aliphatic rings. The second-order valence-corrected chi connectivity index (χ2v) is 11.7. The Bertz CT molecular complexity index is 1720. The summed E-state index contributed by atoms with van der Waals surface area (Å²) >= 11 is 0. The van der Waals surface area contributed by atoms with Gasteiger partial charge >= 0.3 is 6.03 Å². The Kier molecular flexibility index (Phi) is 9.38. The molecule has 0 bridgehead atoms. The van der Waals surface area contributed by atoms with Gasteiger partial charge in [-0.05, 0) is 74.1 Å². The number of aryl methyl sites for hydroxylation is 1. The van der Waals surface area contributed by atoms with Gasteiger partial charge in [0.05, 0.1) is 12.8 Å². The standard InChI is InChI=1S/C34H39FN6O4/c1-21-16-24(35)11-12-29(21)41-15-14-40(20-31(41)42)34(44)38-32(22(2)26-18-36-27-9-7-6-8-25(26)27)33(43)37-28-17-23(19-39(3)4)10-13-30(28)45-5/h6-13,16-18,22,32,36H,14-15,19-20H2,1-5H3,(H,37,43)(H,38,44). The van der Waals surface area contributed by atoms with Crippen molar-refractivity contribution >= 4 is 40.1 Å². The maximum atomic E-state index is 14.0. The van der Waals surface area contributed by atoms with Crippen LogP contribution in [0, 0.1) is 12.7 Å². The number of nitrogens with one attached hydrogen (secondary N) is 3. The lowest BCUT2D eigenvalue weighted by molar-refractivity contribution is -0.120. The summed E-state index contributed by atoms with van der Waals surface area (Å²) in [6.45, 7) is 4.59. The number of hydrogen-bond acceptors (Lipinski definition) is 5. The minimum atomic E-state index is -0.994. The van der Waals surface area contributed by atoms with E-state index < -0.39 is 23.9 Å². The number of anilines is 2. The molecule has 45 heavy (non-hydrogen) atoms. The summed E-state index contributed by atoms with van der Waals surface area (Å²) in [5.74, 6) is -1.04. The number of carbonyl (C=O) groups is 3. The molecule has 1 aromatic heterocycles. The van der Waals surface area contributed by atoms with E-state index in [4.69, 9.17) is 4.74 Å². The van der Waals surface area contributed by atoms with E-state index in [0.29, 0.717) is 29.2 Å². The average Bonchev–Trinajstić information content (AvgIpc) is 3.44. The van der Waals surface area contributed by atoms with Crippen LogP contribution in [0.2, 0.25) is 0 Å². The van der Waals surface area contributed by atoms with Gasteiger partial charge in [0, 0.05) is 48.3 Å². The SMILES string of the molecule is COc1ccc(CN(C)C)cc1NC(=O)C(NC(=O)N1CCN(c2ccc(F)cc2C)C(=O)C1)C(C)c1c[nH]c2ccccc12. The summed E-state index contributed by atoms with van der Waals surface area (Å²) in [5, 5.41) is 6.87. The highest BCUT2D eigenvalue weighted by atomic mass is 19.1. The van der Waals surface area contributed by atoms with Crippen LogP contribution in [-0.2, 0) is 16.1 Å². The predicted octanol–water partition coefficient (Wildman–Crippen LogP) is 4.85. The molecule has 1 aliphatic heterocycles. The first-order valence-electron chi connectivity index (χ1n) is 14.9. The topological polar surface area (TPSA) is 110 Å². The van der Waals surface area contributed by atoms with Crippen LogP contribution >= 0.6 is 0 Å². The fraction of sp³-hybridized carbons (Fsp3) is 0.324. The van der Waals surface area contributed by atoms with Crippen molar-refractivity contribution in [2.45, 2.75) is 32.4 Å². The summed E-state index contributed by atoms with van der Waals surface area (Å²) in [6.07, 6.45) is 1.85. The highest BCUT2D eigenvalue weighted by Crippen LogP contribution is 2.31. The summed E-state index contributed by atoms with van der Waals surface area (Å²) < 4.78 is 19.2. The molecule has 2 atom stereocenters. The number of methoxy groups -OCH3 is 1. The lowest BCUT2D eigenvalue weighted by Crippen LogP contribution is -2.58. The van der Waals surface area contributed by atoms with Gasteiger partial charge in [0.2, 0.25) is 11.8 Å². The molecule has 11 heteroatoms. The van der Waals surface area contributed by atoms with E-state index in [0.717, 1.165) is 22.0 Å². The van der Waals surface area contributed by atoms with Crippen LogP contribution in [0.4, 0.5) is 20.6 Å². The van der Waals surface area contributed by atoms with E-state index in [1.807, 2.05) is 68.5 Å². The molecular weight excluding hydrogens is 575 g/mol. The molecule has 3 aromatic carbocycles. The first kappa shape index (κ1) is 31.5. The Balaban J connectivity index is 1.39. The van der Waals surface area contributed by atoms with Crippen molar-refractivity contribution in [3.05, 3.63) is 89.4 Å². The Hall–Kier alpha value is -4.90. The third-order valence-corrected chi connectivity index (χ3v) is 8.15. The number of piperazine rings is 1. The smallest absolute Gasteiger partial charge is 0.318 e. The van der Waals surface area contributed by atoms with E-state index in [9.17, 15) is 18.8 Å². The number of aromatic nitrogens is 1. The lowest BCUT2D eigenvalue weighted by Gasteiger charge is -2.36. The van der Waals surface area contributed by atoms with E-state index in [2.05, 4.69) is 15.6 Å². The number of rotatable bonds is 9. The molecule has 236 valence electrons. The number of urea groups is 1. The lowest BCUT2D eigenvalue weighted by atomic mass is 9.92. The van der Waals surface area contributed by atoms with Gasteiger partial charge in [-0.1, -0.05) is 31.2 Å².